The van der Waals surface area contributed by atoms with Gasteiger partial charge in [-0.05, 0) is 37.0 Å². The van der Waals surface area contributed by atoms with Gasteiger partial charge in [0.2, 0.25) is 5.91 Å². The summed E-state index contributed by atoms with van der Waals surface area (Å²) in [6, 6.07) is 13.5. The minimum Gasteiger partial charge on any atom is -0.355 e. The topological polar surface area (TPSA) is 69.9 Å². The summed E-state index contributed by atoms with van der Waals surface area (Å²) in [5.74, 6) is -0.592. The molecule has 0 radical (unpaired) electrons. The fraction of sp³-hybridized carbons (Fsp3) is 0.500. The molecule has 0 unspecified atom stereocenters. The average Bonchev–Trinajstić information content (AvgIpc) is 3.17. The van der Waals surface area contributed by atoms with Crippen molar-refractivity contribution in [1.29, 1.82) is 0 Å². The van der Waals surface area contributed by atoms with Gasteiger partial charge in [-0.3, -0.25) is 9.69 Å². The number of alkyl halides is 3. The van der Waals surface area contributed by atoms with Crippen LogP contribution in [0.4, 0.5) is 19.0 Å². The molecule has 0 spiro atoms. The number of hydrogen-bond acceptors (Lipinski definition) is 6. The molecule has 5 rings (SSSR count). The first kappa shape index (κ1) is 23.5. The Balaban J connectivity index is 1.17. The van der Waals surface area contributed by atoms with Gasteiger partial charge < -0.3 is 9.80 Å². The molecule has 2 aliphatic rings. The predicted molar refractivity (Wildman–Crippen MR) is 124 cm³/mol. The number of amides is 1. The van der Waals surface area contributed by atoms with Crippen LogP contribution in [0.1, 0.15) is 30.7 Å². The van der Waals surface area contributed by atoms with Gasteiger partial charge in [-0.15, -0.1) is 15.3 Å². The second-order valence-corrected chi connectivity index (χ2v) is 9.18. The average molecular weight is 488 g/mol. The van der Waals surface area contributed by atoms with E-state index in [0.29, 0.717) is 31.7 Å². The summed E-state index contributed by atoms with van der Waals surface area (Å²) in [5, 5.41) is 10.9. The van der Waals surface area contributed by atoms with Gasteiger partial charge in [0.1, 0.15) is 5.82 Å². The standard InChI is InChI=1S/C24H28F3N7O/c25-24(26,27)23-29-28-20-7-8-21(30-34(20)23)32-13-9-19(10-14-32)22(35)33-12-4-11-31(15-16-33)17-18-5-2-1-3-6-18/h1-3,5-8,19H,4,9-17H2. The lowest BCUT2D eigenvalue weighted by Gasteiger charge is -2.34. The first-order chi connectivity index (χ1) is 16.9. The molecule has 2 aromatic heterocycles. The van der Waals surface area contributed by atoms with Crippen molar-refractivity contribution in [3.63, 3.8) is 0 Å². The molecule has 1 amide bonds. The fourth-order valence-corrected chi connectivity index (χ4v) is 4.93. The summed E-state index contributed by atoms with van der Waals surface area (Å²) in [4.78, 5) is 19.5. The highest BCUT2D eigenvalue weighted by Gasteiger charge is 2.38. The maximum Gasteiger partial charge on any atom is 0.453 e. The van der Waals surface area contributed by atoms with E-state index in [0.717, 1.165) is 43.7 Å². The van der Waals surface area contributed by atoms with Crippen molar-refractivity contribution in [2.75, 3.05) is 44.2 Å². The molecule has 2 saturated heterocycles. The lowest BCUT2D eigenvalue weighted by atomic mass is 9.95. The van der Waals surface area contributed by atoms with E-state index in [1.54, 1.807) is 6.07 Å². The van der Waals surface area contributed by atoms with E-state index >= 15 is 0 Å². The summed E-state index contributed by atoms with van der Waals surface area (Å²) < 4.78 is 40.3. The normalized spacial score (nSPS) is 18.7. The Hall–Kier alpha value is -3.21. The van der Waals surface area contributed by atoms with Crippen molar-refractivity contribution in [2.24, 2.45) is 5.92 Å². The summed E-state index contributed by atoms with van der Waals surface area (Å²) >= 11 is 0. The number of rotatable bonds is 4. The predicted octanol–water partition coefficient (Wildman–Crippen LogP) is 3.09. The van der Waals surface area contributed by atoms with Crippen molar-refractivity contribution in [1.82, 2.24) is 29.6 Å². The molecule has 0 atom stereocenters. The Bertz CT molecular complexity index is 1160. The molecule has 2 aliphatic heterocycles. The van der Waals surface area contributed by atoms with Crippen LogP contribution in [0.2, 0.25) is 0 Å². The smallest absolute Gasteiger partial charge is 0.355 e. The lowest BCUT2D eigenvalue weighted by Crippen LogP contribution is -2.44. The highest BCUT2D eigenvalue weighted by molar-refractivity contribution is 5.79. The van der Waals surface area contributed by atoms with E-state index in [-0.39, 0.29) is 17.5 Å². The quantitative estimate of drug-likeness (QED) is 0.564. The third kappa shape index (κ3) is 5.24. The van der Waals surface area contributed by atoms with E-state index in [1.165, 1.54) is 11.6 Å². The maximum absolute atomic E-state index is 13.2. The number of halogens is 3. The zero-order chi connectivity index (χ0) is 24.4. The summed E-state index contributed by atoms with van der Waals surface area (Å²) in [7, 11) is 0. The van der Waals surface area contributed by atoms with Crippen LogP contribution >= 0.6 is 0 Å². The number of hydrogen-bond donors (Lipinski definition) is 0. The molecule has 0 aliphatic carbocycles. The van der Waals surface area contributed by atoms with Crippen LogP contribution in [0, 0.1) is 5.92 Å². The molecular formula is C24H28F3N7O. The molecule has 0 bridgehead atoms. The van der Waals surface area contributed by atoms with Crippen molar-refractivity contribution in [2.45, 2.75) is 32.0 Å². The van der Waals surface area contributed by atoms with E-state index < -0.39 is 12.0 Å². The Morgan fingerprint density at radius 2 is 1.69 bits per heavy atom. The zero-order valence-corrected chi connectivity index (χ0v) is 19.4. The van der Waals surface area contributed by atoms with E-state index in [1.807, 2.05) is 28.0 Å². The van der Waals surface area contributed by atoms with Crippen LogP contribution in [0.5, 0.6) is 0 Å². The van der Waals surface area contributed by atoms with Gasteiger partial charge in [-0.2, -0.15) is 17.7 Å². The van der Waals surface area contributed by atoms with E-state index in [2.05, 4.69) is 32.3 Å². The second-order valence-electron chi connectivity index (χ2n) is 9.18. The molecule has 4 heterocycles. The first-order valence-electron chi connectivity index (χ1n) is 12.0. The minimum absolute atomic E-state index is 0.0496. The van der Waals surface area contributed by atoms with Gasteiger partial charge in [0.25, 0.3) is 5.82 Å². The van der Waals surface area contributed by atoms with E-state index in [9.17, 15) is 18.0 Å². The van der Waals surface area contributed by atoms with Crippen LogP contribution in [0.3, 0.4) is 0 Å². The second kappa shape index (κ2) is 9.80. The maximum atomic E-state index is 13.2. The van der Waals surface area contributed by atoms with Gasteiger partial charge in [-0.1, -0.05) is 30.3 Å². The van der Waals surface area contributed by atoms with Crippen molar-refractivity contribution in [3.05, 3.63) is 53.9 Å². The highest BCUT2D eigenvalue weighted by Crippen LogP contribution is 2.29. The Morgan fingerprint density at radius 1 is 0.914 bits per heavy atom. The van der Waals surface area contributed by atoms with E-state index in [4.69, 9.17) is 0 Å². The number of aromatic nitrogens is 4. The first-order valence-corrected chi connectivity index (χ1v) is 12.0. The summed E-state index contributed by atoms with van der Waals surface area (Å²) in [6.45, 7) is 5.31. The SMILES string of the molecule is O=C(C1CCN(c2ccc3nnc(C(F)(F)F)n3n2)CC1)N1CCCN(Cc2ccccc2)CC1. The molecule has 0 N–H and O–H groups in total. The number of benzene rings is 1. The van der Waals surface area contributed by atoms with Crippen LogP contribution in [0.15, 0.2) is 42.5 Å². The molecule has 186 valence electrons. The van der Waals surface area contributed by atoms with Crippen molar-refractivity contribution < 1.29 is 18.0 Å². The van der Waals surface area contributed by atoms with Gasteiger partial charge >= 0.3 is 6.18 Å². The fourth-order valence-electron chi connectivity index (χ4n) is 4.93. The molecule has 3 aromatic rings. The lowest BCUT2D eigenvalue weighted by molar-refractivity contribution is -0.146. The number of anilines is 1. The Kier molecular flexibility index (Phi) is 6.59. The molecule has 2 fully saturated rings. The van der Waals surface area contributed by atoms with Gasteiger partial charge in [0.15, 0.2) is 5.65 Å². The zero-order valence-electron chi connectivity index (χ0n) is 19.4. The molecular weight excluding hydrogens is 459 g/mol. The number of nitrogens with zero attached hydrogens (tertiary/aromatic N) is 7. The van der Waals surface area contributed by atoms with Crippen LogP contribution in [-0.2, 0) is 17.5 Å². The summed E-state index contributed by atoms with van der Waals surface area (Å²) in [5.41, 5.74) is 1.33. The Labute approximate surface area is 201 Å². The number of piperidine rings is 1. The highest BCUT2D eigenvalue weighted by atomic mass is 19.4. The van der Waals surface area contributed by atoms with Crippen molar-refractivity contribution in [3.8, 4) is 0 Å². The van der Waals surface area contributed by atoms with Gasteiger partial charge in [-0.25, -0.2) is 0 Å². The Morgan fingerprint density at radius 3 is 2.43 bits per heavy atom. The van der Waals surface area contributed by atoms with Crippen LogP contribution in [-0.4, -0.2) is 74.8 Å². The van der Waals surface area contributed by atoms with Crippen LogP contribution in [0.25, 0.3) is 5.65 Å². The molecule has 35 heavy (non-hydrogen) atoms. The molecule has 11 heteroatoms. The summed E-state index contributed by atoms with van der Waals surface area (Å²) in [6.07, 6.45) is -2.38. The molecule has 0 saturated carbocycles. The van der Waals surface area contributed by atoms with Crippen LogP contribution < -0.4 is 4.90 Å². The van der Waals surface area contributed by atoms with Gasteiger partial charge in [0.05, 0.1) is 0 Å². The molecule has 1 aromatic carbocycles. The number of carbonyl (C=O) groups excluding carboxylic acids is 1. The monoisotopic (exact) mass is 487 g/mol. The minimum atomic E-state index is -4.63. The number of carbonyl (C=O) groups is 1. The largest absolute Gasteiger partial charge is 0.453 e. The third-order valence-electron chi connectivity index (χ3n) is 6.82. The molecule has 8 nitrogen and oxygen atoms in total. The third-order valence-corrected chi connectivity index (χ3v) is 6.82. The number of fused-ring (bicyclic) bond motifs is 1. The van der Waals surface area contributed by atoms with Gasteiger partial charge in [0, 0.05) is 51.7 Å². The van der Waals surface area contributed by atoms with Crippen molar-refractivity contribution >= 4 is 17.4 Å².